The summed E-state index contributed by atoms with van der Waals surface area (Å²) in [6, 6.07) is 8.28. The molecule has 88 valence electrons. The van der Waals surface area contributed by atoms with Crippen molar-refractivity contribution in [3.63, 3.8) is 0 Å². The van der Waals surface area contributed by atoms with E-state index >= 15 is 0 Å². The van der Waals surface area contributed by atoms with Gasteiger partial charge in [-0.2, -0.15) is 13.2 Å². The predicted molar refractivity (Wildman–Crippen MR) is 59.1 cm³/mol. The summed E-state index contributed by atoms with van der Waals surface area (Å²) in [5, 5.41) is 0. The molecule has 1 aromatic carbocycles. The van der Waals surface area contributed by atoms with E-state index < -0.39 is 11.7 Å². The van der Waals surface area contributed by atoms with Crippen molar-refractivity contribution in [3.8, 4) is 11.1 Å². The lowest BCUT2D eigenvalue weighted by Gasteiger charge is -2.09. The molecular weight excluding hydrogens is 229 g/mol. The van der Waals surface area contributed by atoms with Crippen LogP contribution in [0.1, 0.15) is 5.56 Å². The Morgan fingerprint density at radius 1 is 1.06 bits per heavy atom. The number of halogens is 3. The highest BCUT2D eigenvalue weighted by molar-refractivity contribution is 5.73. The minimum atomic E-state index is -4.35. The van der Waals surface area contributed by atoms with Gasteiger partial charge in [-0.3, -0.25) is 0 Å². The number of benzene rings is 1. The molecule has 17 heavy (non-hydrogen) atoms. The Morgan fingerprint density at radius 2 is 1.82 bits per heavy atom. The molecule has 0 aliphatic rings. The van der Waals surface area contributed by atoms with Gasteiger partial charge in [-0.15, -0.1) is 0 Å². The first-order valence-electron chi connectivity index (χ1n) is 4.86. The maximum Gasteiger partial charge on any atom is 0.416 e. The Labute approximate surface area is 95.9 Å². The van der Waals surface area contributed by atoms with Crippen LogP contribution in [0, 0.1) is 0 Å². The van der Waals surface area contributed by atoms with Crippen LogP contribution < -0.4 is 5.73 Å². The molecule has 0 radical (unpaired) electrons. The lowest BCUT2D eigenvalue weighted by atomic mass is 10.0. The van der Waals surface area contributed by atoms with Crippen molar-refractivity contribution in [3.05, 3.63) is 48.2 Å². The summed E-state index contributed by atoms with van der Waals surface area (Å²) in [4.78, 5) is 3.84. The van der Waals surface area contributed by atoms with E-state index in [1.807, 2.05) is 0 Å². The van der Waals surface area contributed by atoms with Crippen molar-refractivity contribution >= 4 is 5.82 Å². The number of hydrogen-bond donors (Lipinski definition) is 1. The molecule has 0 saturated carbocycles. The zero-order chi connectivity index (χ0) is 12.5. The first kappa shape index (κ1) is 11.4. The predicted octanol–water partition coefficient (Wildman–Crippen LogP) is 3.35. The van der Waals surface area contributed by atoms with E-state index in [0.29, 0.717) is 11.1 Å². The third-order valence-electron chi connectivity index (χ3n) is 2.34. The monoisotopic (exact) mass is 238 g/mol. The lowest BCUT2D eigenvalue weighted by Crippen LogP contribution is -2.04. The fourth-order valence-corrected chi connectivity index (χ4v) is 1.52. The minimum Gasteiger partial charge on any atom is -0.383 e. The number of aromatic nitrogens is 1. The summed E-state index contributed by atoms with van der Waals surface area (Å²) in [6.07, 6.45) is -2.86. The van der Waals surface area contributed by atoms with Crippen molar-refractivity contribution < 1.29 is 13.2 Å². The zero-order valence-electron chi connectivity index (χ0n) is 8.70. The molecule has 2 nitrogen and oxygen atoms in total. The van der Waals surface area contributed by atoms with Gasteiger partial charge in [0, 0.05) is 11.8 Å². The fraction of sp³-hybridized carbons (Fsp3) is 0.0833. The number of pyridine rings is 1. The number of nitrogens with two attached hydrogens (primary N) is 1. The van der Waals surface area contributed by atoms with Crippen LogP contribution in [0.5, 0.6) is 0 Å². The number of anilines is 1. The maximum atomic E-state index is 12.5. The van der Waals surface area contributed by atoms with Crippen LogP contribution in [0.3, 0.4) is 0 Å². The van der Waals surface area contributed by atoms with Crippen LogP contribution in [0.15, 0.2) is 42.6 Å². The highest BCUT2D eigenvalue weighted by Gasteiger charge is 2.30. The Kier molecular flexibility index (Phi) is 2.75. The first-order chi connectivity index (χ1) is 7.98. The van der Waals surface area contributed by atoms with Gasteiger partial charge in [0.05, 0.1) is 5.56 Å². The minimum absolute atomic E-state index is 0.215. The van der Waals surface area contributed by atoms with Crippen molar-refractivity contribution in [2.24, 2.45) is 0 Å². The van der Waals surface area contributed by atoms with Gasteiger partial charge < -0.3 is 5.73 Å². The SMILES string of the molecule is Nc1ncccc1-c1cccc(C(F)(F)F)c1. The van der Waals surface area contributed by atoms with Gasteiger partial charge in [0.1, 0.15) is 5.82 Å². The summed E-state index contributed by atoms with van der Waals surface area (Å²) in [5.74, 6) is 0.215. The molecule has 0 spiro atoms. The molecular formula is C12H9F3N2. The summed E-state index contributed by atoms with van der Waals surface area (Å²) >= 11 is 0. The van der Waals surface area contributed by atoms with Crippen LogP contribution in [0.2, 0.25) is 0 Å². The maximum absolute atomic E-state index is 12.5. The summed E-state index contributed by atoms with van der Waals surface area (Å²) in [7, 11) is 0. The van der Waals surface area contributed by atoms with Crippen molar-refractivity contribution in [1.82, 2.24) is 4.98 Å². The molecule has 2 N–H and O–H groups in total. The third-order valence-corrected chi connectivity index (χ3v) is 2.34. The van der Waals surface area contributed by atoms with E-state index in [4.69, 9.17) is 5.73 Å². The molecule has 5 heteroatoms. The average Bonchev–Trinajstić information content (AvgIpc) is 2.29. The standard InChI is InChI=1S/C12H9F3N2/c13-12(14,15)9-4-1-3-8(7-9)10-5-2-6-17-11(10)16/h1-7H,(H2,16,17). The van der Waals surface area contributed by atoms with Gasteiger partial charge in [0.2, 0.25) is 0 Å². The second-order valence-corrected chi connectivity index (χ2v) is 3.51. The molecule has 0 atom stereocenters. The van der Waals surface area contributed by atoms with Gasteiger partial charge >= 0.3 is 6.18 Å². The van der Waals surface area contributed by atoms with Crippen molar-refractivity contribution in [2.45, 2.75) is 6.18 Å². The number of alkyl halides is 3. The Hall–Kier alpha value is -2.04. The number of rotatable bonds is 1. The Morgan fingerprint density at radius 3 is 2.47 bits per heavy atom. The van der Waals surface area contributed by atoms with Crippen LogP contribution >= 0.6 is 0 Å². The van der Waals surface area contributed by atoms with Gasteiger partial charge in [0.15, 0.2) is 0 Å². The van der Waals surface area contributed by atoms with E-state index in [9.17, 15) is 13.2 Å². The zero-order valence-corrected chi connectivity index (χ0v) is 8.70. The number of hydrogen-bond acceptors (Lipinski definition) is 2. The topological polar surface area (TPSA) is 38.9 Å². The van der Waals surface area contributed by atoms with E-state index in [1.54, 1.807) is 18.2 Å². The molecule has 0 bridgehead atoms. The van der Waals surface area contributed by atoms with Crippen molar-refractivity contribution in [2.75, 3.05) is 5.73 Å². The highest BCUT2D eigenvalue weighted by atomic mass is 19.4. The molecule has 0 amide bonds. The van der Waals surface area contributed by atoms with Gasteiger partial charge in [-0.25, -0.2) is 4.98 Å². The molecule has 0 unspecified atom stereocenters. The summed E-state index contributed by atoms with van der Waals surface area (Å²) in [6.45, 7) is 0. The second-order valence-electron chi connectivity index (χ2n) is 3.51. The van der Waals surface area contributed by atoms with E-state index in [0.717, 1.165) is 12.1 Å². The largest absolute Gasteiger partial charge is 0.416 e. The summed E-state index contributed by atoms with van der Waals surface area (Å²) in [5.41, 5.74) is 5.83. The molecule has 2 rings (SSSR count). The van der Waals surface area contributed by atoms with E-state index in [2.05, 4.69) is 4.98 Å². The highest BCUT2D eigenvalue weighted by Crippen LogP contribution is 2.33. The van der Waals surface area contributed by atoms with E-state index in [1.165, 1.54) is 12.3 Å². The lowest BCUT2D eigenvalue weighted by molar-refractivity contribution is -0.137. The smallest absolute Gasteiger partial charge is 0.383 e. The molecule has 1 aromatic heterocycles. The third kappa shape index (κ3) is 2.38. The Bertz CT molecular complexity index is 535. The summed E-state index contributed by atoms with van der Waals surface area (Å²) < 4.78 is 37.6. The van der Waals surface area contributed by atoms with Gasteiger partial charge in [-0.1, -0.05) is 12.1 Å². The molecule has 0 fully saturated rings. The number of nitrogens with zero attached hydrogens (tertiary/aromatic N) is 1. The normalized spacial score (nSPS) is 11.5. The quantitative estimate of drug-likeness (QED) is 0.827. The fourth-order valence-electron chi connectivity index (χ4n) is 1.52. The van der Waals surface area contributed by atoms with E-state index in [-0.39, 0.29) is 5.82 Å². The van der Waals surface area contributed by atoms with Gasteiger partial charge in [0.25, 0.3) is 0 Å². The Balaban J connectivity index is 2.51. The first-order valence-corrected chi connectivity index (χ1v) is 4.86. The molecule has 0 aliphatic carbocycles. The molecule has 0 saturated heterocycles. The second kappa shape index (κ2) is 4.08. The van der Waals surface area contributed by atoms with Crippen LogP contribution in [0.25, 0.3) is 11.1 Å². The average molecular weight is 238 g/mol. The van der Waals surface area contributed by atoms with Crippen LogP contribution in [0.4, 0.5) is 19.0 Å². The van der Waals surface area contributed by atoms with Gasteiger partial charge in [-0.05, 0) is 29.8 Å². The number of nitrogen functional groups attached to an aromatic ring is 1. The van der Waals surface area contributed by atoms with Crippen LogP contribution in [-0.2, 0) is 6.18 Å². The molecule has 2 aromatic rings. The molecule has 0 aliphatic heterocycles. The van der Waals surface area contributed by atoms with Crippen molar-refractivity contribution in [1.29, 1.82) is 0 Å². The van der Waals surface area contributed by atoms with Crippen LogP contribution in [-0.4, -0.2) is 4.98 Å². The molecule has 1 heterocycles.